The lowest BCUT2D eigenvalue weighted by Gasteiger charge is -2.27. The van der Waals surface area contributed by atoms with Crippen molar-refractivity contribution in [2.75, 3.05) is 7.05 Å². The van der Waals surface area contributed by atoms with Gasteiger partial charge in [0.05, 0.1) is 0 Å². The van der Waals surface area contributed by atoms with Crippen LogP contribution in [0, 0.1) is 5.92 Å². The van der Waals surface area contributed by atoms with Crippen LogP contribution in [0.5, 0.6) is 0 Å². The van der Waals surface area contributed by atoms with E-state index in [1.54, 1.807) is 0 Å². The minimum absolute atomic E-state index is 0.549. The summed E-state index contributed by atoms with van der Waals surface area (Å²) in [5.41, 5.74) is 0. The number of hydrazine groups is 1. The molecule has 0 aromatic rings. The molecule has 0 saturated heterocycles. The fourth-order valence-electron chi connectivity index (χ4n) is 2.07. The molecule has 2 N–H and O–H groups in total. The zero-order valence-corrected chi connectivity index (χ0v) is 8.42. The molecule has 1 aliphatic rings. The third-order valence-corrected chi connectivity index (χ3v) is 3.09. The predicted molar refractivity (Wildman–Crippen MR) is 52.6 cm³/mol. The molecular weight excluding hydrogens is 148 g/mol. The van der Waals surface area contributed by atoms with E-state index in [0.717, 1.165) is 5.92 Å². The summed E-state index contributed by atoms with van der Waals surface area (Å²) in [7, 11) is 1.97. The van der Waals surface area contributed by atoms with Crippen LogP contribution in [0.15, 0.2) is 0 Å². The first kappa shape index (κ1) is 10.0. The van der Waals surface area contributed by atoms with E-state index >= 15 is 0 Å². The summed E-state index contributed by atoms with van der Waals surface area (Å²) in [4.78, 5) is 0. The van der Waals surface area contributed by atoms with Crippen molar-refractivity contribution in [3.05, 3.63) is 0 Å². The van der Waals surface area contributed by atoms with Crippen LogP contribution in [-0.4, -0.2) is 18.1 Å². The lowest BCUT2D eigenvalue weighted by atomic mass is 9.85. The molecule has 0 amide bonds. The molecule has 0 bridgehead atoms. The average molecular weight is 170 g/mol. The molecule has 0 spiro atoms. The van der Waals surface area contributed by atoms with E-state index in [1.165, 1.54) is 38.5 Å². The first-order valence-electron chi connectivity index (χ1n) is 5.17. The Hall–Kier alpha value is -0.0800. The van der Waals surface area contributed by atoms with Gasteiger partial charge in [-0.3, -0.25) is 5.84 Å². The minimum atomic E-state index is 0.549. The average Bonchev–Trinajstić information content (AvgIpc) is 2.06. The second kappa shape index (κ2) is 4.83. The van der Waals surface area contributed by atoms with Crippen molar-refractivity contribution in [3.63, 3.8) is 0 Å². The number of rotatable bonds is 3. The lowest BCUT2D eigenvalue weighted by molar-refractivity contribution is 0.203. The molecule has 1 fully saturated rings. The molecule has 1 rings (SSSR count). The third-order valence-electron chi connectivity index (χ3n) is 3.09. The normalized spacial score (nSPS) is 23.0. The van der Waals surface area contributed by atoms with Crippen molar-refractivity contribution < 1.29 is 0 Å². The zero-order chi connectivity index (χ0) is 8.97. The number of hydrogen-bond acceptors (Lipinski definition) is 2. The lowest BCUT2D eigenvalue weighted by Crippen LogP contribution is -2.36. The SMILES string of the molecule is CC(CC1CCCCC1)N(C)N. The molecule has 2 heteroatoms. The van der Waals surface area contributed by atoms with E-state index in [2.05, 4.69) is 6.92 Å². The molecular formula is C10H22N2. The van der Waals surface area contributed by atoms with Gasteiger partial charge in [-0.25, -0.2) is 5.01 Å². The Morgan fingerprint density at radius 3 is 2.42 bits per heavy atom. The molecule has 0 aliphatic heterocycles. The van der Waals surface area contributed by atoms with E-state index in [4.69, 9.17) is 5.84 Å². The first-order valence-corrected chi connectivity index (χ1v) is 5.17. The molecule has 0 heterocycles. The van der Waals surface area contributed by atoms with Crippen LogP contribution in [-0.2, 0) is 0 Å². The van der Waals surface area contributed by atoms with Crippen LogP contribution in [0.1, 0.15) is 45.4 Å². The Labute approximate surface area is 76.1 Å². The molecule has 1 atom stereocenters. The largest absolute Gasteiger partial charge is 0.269 e. The van der Waals surface area contributed by atoms with Crippen LogP contribution in [0.4, 0.5) is 0 Å². The van der Waals surface area contributed by atoms with Crippen LogP contribution in [0.25, 0.3) is 0 Å². The van der Waals surface area contributed by atoms with E-state index in [-0.39, 0.29) is 0 Å². The second-order valence-electron chi connectivity index (χ2n) is 4.25. The van der Waals surface area contributed by atoms with Crippen LogP contribution in [0.2, 0.25) is 0 Å². The molecule has 12 heavy (non-hydrogen) atoms. The molecule has 1 saturated carbocycles. The summed E-state index contributed by atoms with van der Waals surface area (Å²) in [5, 5.41) is 1.84. The Morgan fingerprint density at radius 2 is 1.92 bits per heavy atom. The molecule has 1 aliphatic carbocycles. The highest BCUT2D eigenvalue weighted by atomic mass is 15.4. The molecule has 0 radical (unpaired) electrons. The van der Waals surface area contributed by atoms with Gasteiger partial charge in [-0.15, -0.1) is 0 Å². The van der Waals surface area contributed by atoms with Crippen LogP contribution >= 0.6 is 0 Å². The molecule has 72 valence electrons. The van der Waals surface area contributed by atoms with E-state index in [1.807, 2.05) is 12.1 Å². The Morgan fingerprint density at radius 1 is 1.33 bits per heavy atom. The summed E-state index contributed by atoms with van der Waals surface area (Å²) in [6.45, 7) is 2.22. The maximum Gasteiger partial charge on any atom is 0.0212 e. The first-order chi connectivity index (χ1) is 5.70. The molecule has 0 aromatic heterocycles. The van der Waals surface area contributed by atoms with Gasteiger partial charge >= 0.3 is 0 Å². The standard InChI is InChI=1S/C10H22N2/c1-9(12(2)11)8-10-6-4-3-5-7-10/h9-10H,3-8,11H2,1-2H3. The van der Waals surface area contributed by atoms with Crippen molar-refractivity contribution >= 4 is 0 Å². The van der Waals surface area contributed by atoms with Crippen molar-refractivity contribution in [1.29, 1.82) is 0 Å². The summed E-state index contributed by atoms with van der Waals surface area (Å²) in [6, 6.07) is 0.549. The summed E-state index contributed by atoms with van der Waals surface area (Å²) in [6.07, 6.45) is 8.46. The fraction of sp³-hybridized carbons (Fsp3) is 1.00. The number of hydrogen-bond donors (Lipinski definition) is 1. The summed E-state index contributed by atoms with van der Waals surface area (Å²) in [5.74, 6) is 6.63. The molecule has 0 aromatic carbocycles. The molecule has 2 nitrogen and oxygen atoms in total. The van der Waals surface area contributed by atoms with Gasteiger partial charge in [-0.05, 0) is 19.3 Å². The maximum atomic E-state index is 5.69. The fourth-order valence-corrected chi connectivity index (χ4v) is 2.07. The van der Waals surface area contributed by atoms with Crippen LogP contribution in [0.3, 0.4) is 0 Å². The quantitative estimate of drug-likeness (QED) is 0.519. The number of nitrogens with zero attached hydrogens (tertiary/aromatic N) is 1. The van der Waals surface area contributed by atoms with Crippen molar-refractivity contribution in [3.8, 4) is 0 Å². The van der Waals surface area contributed by atoms with Crippen molar-refractivity contribution in [2.45, 2.75) is 51.5 Å². The van der Waals surface area contributed by atoms with Gasteiger partial charge in [0.1, 0.15) is 0 Å². The Kier molecular flexibility index (Phi) is 4.02. The minimum Gasteiger partial charge on any atom is -0.269 e. The van der Waals surface area contributed by atoms with Gasteiger partial charge in [0.2, 0.25) is 0 Å². The monoisotopic (exact) mass is 170 g/mol. The van der Waals surface area contributed by atoms with Gasteiger partial charge in [-0.2, -0.15) is 0 Å². The smallest absolute Gasteiger partial charge is 0.0212 e. The van der Waals surface area contributed by atoms with Crippen molar-refractivity contribution in [1.82, 2.24) is 5.01 Å². The Bertz CT molecular complexity index is 117. The number of nitrogens with two attached hydrogens (primary N) is 1. The van der Waals surface area contributed by atoms with Gasteiger partial charge in [0.25, 0.3) is 0 Å². The predicted octanol–water partition coefficient (Wildman–Crippen LogP) is 2.15. The van der Waals surface area contributed by atoms with Crippen molar-refractivity contribution in [2.24, 2.45) is 11.8 Å². The van der Waals surface area contributed by atoms with E-state index in [0.29, 0.717) is 6.04 Å². The summed E-state index contributed by atoms with van der Waals surface area (Å²) < 4.78 is 0. The van der Waals surface area contributed by atoms with Gasteiger partial charge < -0.3 is 0 Å². The zero-order valence-electron chi connectivity index (χ0n) is 8.42. The topological polar surface area (TPSA) is 29.3 Å². The van der Waals surface area contributed by atoms with Gasteiger partial charge in [0, 0.05) is 13.1 Å². The van der Waals surface area contributed by atoms with Gasteiger partial charge in [-0.1, -0.05) is 32.1 Å². The maximum absolute atomic E-state index is 5.69. The Balaban J connectivity index is 2.20. The van der Waals surface area contributed by atoms with E-state index < -0.39 is 0 Å². The second-order valence-corrected chi connectivity index (χ2v) is 4.25. The van der Waals surface area contributed by atoms with Gasteiger partial charge in [0.15, 0.2) is 0 Å². The van der Waals surface area contributed by atoms with Crippen LogP contribution < -0.4 is 5.84 Å². The highest BCUT2D eigenvalue weighted by molar-refractivity contribution is 4.70. The summed E-state index contributed by atoms with van der Waals surface area (Å²) >= 11 is 0. The third kappa shape index (κ3) is 3.11. The molecule has 1 unspecified atom stereocenters. The van der Waals surface area contributed by atoms with E-state index in [9.17, 15) is 0 Å². The highest BCUT2D eigenvalue weighted by Gasteiger charge is 2.17. The highest BCUT2D eigenvalue weighted by Crippen LogP contribution is 2.27.